The first-order valence-corrected chi connectivity index (χ1v) is 9.35. The van der Waals surface area contributed by atoms with Gasteiger partial charge in [-0.15, -0.1) is 0 Å². The van der Waals surface area contributed by atoms with E-state index in [-0.39, 0.29) is 4.90 Å². The van der Waals surface area contributed by atoms with E-state index in [9.17, 15) is 8.42 Å². The highest BCUT2D eigenvalue weighted by atomic mass is 79.9. The Labute approximate surface area is 129 Å². The smallest absolute Gasteiger partial charge is 0.242 e. The summed E-state index contributed by atoms with van der Waals surface area (Å²) in [6.45, 7) is 2.79. The molecule has 1 aromatic rings. The molecule has 0 saturated heterocycles. The summed E-state index contributed by atoms with van der Waals surface area (Å²) in [4.78, 5) is 4.10. The van der Waals surface area contributed by atoms with E-state index in [1.54, 1.807) is 12.3 Å². The zero-order chi connectivity index (χ0) is 14.6. The van der Waals surface area contributed by atoms with Crippen LogP contribution in [0.15, 0.2) is 27.8 Å². The standard InChI is InChI=1S/C14H21BrN2O2S/c1-11-3-2-4-12(7-11)5-6-17-20(18,19)14-8-13(15)9-16-10-14/h8-12,17H,2-7H2,1H3. The molecule has 0 bridgehead atoms. The summed E-state index contributed by atoms with van der Waals surface area (Å²) in [6, 6.07) is 1.57. The third-order valence-corrected chi connectivity index (χ3v) is 5.74. The molecule has 2 unspecified atom stereocenters. The summed E-state index contributed by atoms with van der Waals surface area (Å²) in [6.07, 6.45) is 8.90. The molecule has 2 atom stereocenters. The molecule has 1 fully saturated rings. The number of aromatic nitrogens is 1. The zero-order valence-electron chi connectivity index (χ0n) is 11.7. The molecule has 0 aromatic carbocycles. The van der Waals surface area contributed by atoms with Crippen LogP contribution < -0.4 is 4.72 Å². The van der Waals surface area contributed by atoms with Gasteiger partial charge >= 0.3 is 0 Å². The number of hydrogen-bond acceptors (Lipinski definition) is 3. The fourth-order valence-electron chi connectivity index (χ4n) is 2.84. The zero-order valence-corrected chi connectivity index (χ0v) is 14.1. The molecule has 0 aliphatic heterocycles. The number of nitrogens with one attached hydrogen (secondary N) is 1. The van der Waals surface area contributed by atoms with Gasteiger partial charge in [-0.25, -0.2) is 13.1 Å². The van der Waals surface area contributed by atoms with E-state index in [0.29, 0.717) is 16.9 Å². The molecule has 20 heavy (non-hydrogen) atoms. The van der Waals surface area contributed by atoms with Crippen molar-refractivity contribution >= 4 is 26.0 Å². The maximum absolute atomic E-state index is 12.1. The fourth-order valence-corrected chi connectivity index (χ4v) is 4.39. The quantitative estimate of drug-likeness (QED) is 0.875. The summed E-state index contributed by atoms with van der Waals surface area (Å²) in [5, 5.41) is 0. The van der Waals surface area contributed by atoms with Gasteiger partial charge in [0.1, 0.15) is 4.90 Å². The van der Waals surface area contributed by atoms with Crippen molar-refractivity contribution in [1.29, 1.82) is 0 Å². The highest BCUT2D eigenvalue weighted by molar-refractivity contribution is 9.10. The Bertz CT molecular complexity index is 548. The molecule has 2 rings (SSSR count). The van der Waals surface area contributed by atoms with E-state index in [1.807, 2.05) is 0 Å². The van der Waals surface area contributed by atoms with Gasteiger partial charge in [0.05, 0.1) is 0 Å². The van der Waals surface area contributed by atoms with Crippen LogP contribution in [-0.4, -0.2) is 19.9 Å². The van der Waals surface area contributed by atoms with Crippen molar-refractivity contribution in [3.63, 3.8) is 0 Å². The topological polar surface area (TPSA) is 59.1 Å². The van der Waals surface area contributed by atoms with Crippen molar-refractivity contribution in [2.24, 2.45) is 11.8 Å². The van der Waals surface area contributed by atoms with E-state index < -0.39 is 10.0 Å². The second-order valence-electron chi connectivity index (χ2n) is 5.66. The third-order valence-electron chi connectivity index (χ3n) is 3.88. The lowest BCUT2D eigenvalue weighted by atomic mass is 9.81. The molecule has 1 aliphatic rings. The molecular formula is C14H21BrN2O2S. The van der Waals surface area contributed by atoms with E-state index in [1.165, 1.54) is 31.9 Å². The van der Waals surface area contributed by atoms with Crippen molar-refractivity contribution in [2.75, 3.05) is 6.54 Å². The van der Waals surface area contributed by atoms with Crippen molar-refractivity contribution in [3.05, 3.63) is 22.9 Å². The van der Waals surface area contributed by atoms with Crippen molar-refractivity contribution in [3.8, 4) is 0 Å². The number of pyridine rings is 1. The van der Waals surface area contributed by atoms with Gasteiger partial charge in [-0.1, -0.05) is 26.2 Å². The highest BCUT2D eigenvalue weighted by Crippen LogP contribution is 2.30. The Morgan fingerprint density at radius 1 is 1.40 bits per heavy atom. The molecule has 1 saturated carbocycles. The van der Waals surface area contributed by atoms with Crippen LogP contribution in [0, 0.1) is 11.8 Å². The lowest BCUT2D eigenvalue weighted by Crippen LogP contribution is -2.27. The van der Waals surface area contributed by atoms with E-state index in [2.05, 4.69) is 32.6 Å². The molecule has 0 radical (unpaired) electrons. The van der Waals surface area contributed by atoms with E-state index in [0.717, 1.165) is 12.3 Å². The van der Waals surface area contributed by atoms with E-state index in [4.69, 9.17) is 0 Å². The normalized spacial score (nSPS) is 23.7. The molecule has 4 nitrogen and oxygen atoms in total. The average Bonchev–Trinajstić information content (AvgIpc) is 2.38. The second-order valence-corrected chi connectivity index (χ2v) is 8.35. The molecule has 0 amide bonds. The number of halogens is 1. The second kappa shape index (κ2) is 7.00. The Morgan fingerprint density at radius 2 is 2.20 bits per heavy atom. The predicted octanol–water partition coefficient (Wildman–Crippen LogP) is 3.34. The number of nitrogens with zero attached hydrogens (tertiary/aromatic N) is 1. The Morgan fingerprint density at radius 3 is 2.90 bits per heavy atom. The Balaban J connectivity index is 1.86. The molecule has 1 aromatic heterocycles. The predicted molar refractivity (Wildman–Crippen MR) is 82.9 cm³/mol. The minimum atomic E-state index is -3.44. The molecule has 112 valence electrons. The summed E-state index contributed by atoms with van der Waals surface area (Å²) < 4.78 is 27.6. The van der Waals surface area contributed by atoms with Crippen molar-refractivity contribution < 1.29 is 8.42 Å². The molecule has 1 N–H and O–H groups in total. The number of hydrogen-bond donors (Lipinski definition) is 1. The number of rotatable bonds is 5. The van der Waals surface area contributed by atoms with Gasteiger partial charge < -0.3 is 0 Å². The minimum absolute atomic E-state index is 0.212. The first-order chi connectivity index (χ1) is 9.47. The Kier molecular flexibility index (Phi) is 5.57. The van der Waals surface area contributed by atoms with Gasteiger partial charge in [0.2, 0.25) is 10.0 Å². The van der Waals surface area contributed by atoms with Gasteiger partial charge in [0, 0.05) is 23.4 Å². The largest absolute Gasteiger partial charge is 0.262 e. The summed E-state index contributed by atoms with van der Waals surface area (Å²) in [7, 11) is -3.44. The highest BCUT2D eigenvalue weighted by Gasteiger charge is 2.20. The fraction of sp³-hybridized carbons (Fsp3) is 0.643. The van der Waals surface area contributed by atoms with Gasteiger partial charge in [0.25, 0.3) is 0 Å². The van der Waals surface area contributed by atoms with Gasteiger partial charge in [0.15, 0.2) is 0 Å². The van der Waals surface area contributed by atoms with Crippen molar-refractivity contribution in [2.45, 2.75) is 43.9 Å². The summed E-state index contributed by atoms with van der Waals surface area (Å²) in [5.41, 5.74) is 0. The summed E-state index contributed by atoms with van der Waals surface area (Å²) >= 11 is 3.24. The molecule has 0 spiro atoms. The first kappa shape index (κ1) is 15.9. The molecular weight excluding hydrogens is 340 g/mol. The lowest BCUT2D eigenvalue weighted by Gasteiger charge is -2.26. The maximum atomic E-state index is 12.1. The van der Waals surface area contributed by atoms with Crippen LogP contribution in [0.25, 0.3) is 0 Å². The van der Waals surface area contributed by atoms with Crippen LogP contribution in [0.5, 0.6) is 0 Å². The van der Waals surface area contributed by atoms with Crippen LogP contribution >= 0.6 is 15.9 Å². The number of sulfonamides is 1. The minimum Gasteiger partial charge on any atom is -0.262 e. The van der Waals surface area contributed by atoms with Gasteiger partial charge in [-0.05, 0) is 46.7 Å². The third kappa shape index (κ3) is 4.53. The van der Waals surface area contributed by atoms with Gasteiger partial charge in [-0.3, -0.25) is 4.98 Å². The van der Waals surface area contributed by atoms with Crippen LogP contribution in [0.2, 0.25) is 0 Å². The van der Waals surface area contributed by atoms with Crippen LogP contribution in [0.3, 0.4) is 0 Å². The van der Waals surface area contributed by atoms with Crippen molar-refractivity contribution in [1.82, 2.24) is 9.71 Å². The Hall–Kier alpha value is -0.460. The van der Waals surface area contributed by atoms with E-state index >= 15 is 0 Å². The lowest BCUT2D eigenvalue weighted by molar-refractivity contribution is 0.271. The first-order valence-electron chi connectivity index (χ1n) is 7.07. The summed E-state index contributed by atoms with van der Waals surface area (Å²) in [5.74, 6) is 1.43. The van der Waals surface area contributed by atoms with Crippen LogP contribution in [-0.2, 0) is 10.0 Å². The average molecular weight is 361 g/mol. The SMILES string of the molecule is CC1CCCC(CCNS(=O)(=O)c2cncc(Br)c2)C1. The molecule has 1 aliphatic carbocycles. The van der Waals surface area contributed by atoms with Crippen LogP contribution in [0.4, 0.5) is 0 Å². The molecule has 1 heterocycles. The monoisotopic (exact) mass is 360 g/mol. The van der Waals surface area contributed by atoms with Gasteiger partial charge in [-0.2, -0.15) is 0 Å². The molecule has 6 heteroatoms. The maximum Gasteiger partial charge on any atom is 0.242 e. The van der Waals surface area contributed by atoms with Crippen LogP contribution in [0.1, 0.15) is 39.0 Å².